The number of hydrogen-bond acceptors (Lipinski definition) is 7. The molecular formula is C23H18F2N2O5S. The van der Waals surface area contributed by atoms with Crippen LogP contribution in [0.1, 0.15) is 30.1 Å². The van der Waals surface area contributed by atoms with Gasteiger partial charge in [0.1, 0.15) is 11.6 Å². The largest absolute Gasteiger partial charge is 0.503 e. The zero-order valence-corrected chi connectivity index (χ0v) is 18.2. The molecule has 170 valence electrons. The van der Waals surface area contributed by atoms with E-state index >= 15 is 0 Å². The molecule has 0 aliphatic carbocycles. The molecule has 33 heavy (non-hydrogen) atoms. The molecule has 2 heterocycles. The summed E-state index contributed by atoms with van der Waals surface area (Å²) in [7, 11) is 0. The lowest BCUT2D eigenvalue weighted by Gasteiger charge is -2.10. The first kappa shape index (κ1) is 22.4. The number of esters is 1. The number of hydrogen-bond donors (Lipinski definition) is 2. The minimum Gasteiger partial charge on any atom is -0.503 e. The minimum absolute atomic E-state index is 0.0713. The number of halogens is 2. The topological polar surface area (TPSA) is 102 Å². The number of nitrogens with zero attached hydrogens (tertiary/aromatic N) is 2. The number of benzene rings is 2. The van der Waals surface area contributed by atoms with E-state index in [0.717, 1.165) is 15.9 Å². The lowest BCUT2D eigenvalue weighted by molar-refractivity contribution is -0.143. The zero-order valence-electron chi connectivity index (χ0n) is 17.3. The monoisotopic (exact) mass is 472 g/mol. The maximum atomic E-state index is 14.8. The fourth-order valence-electron chi connectivity index (χ4n) is 3.46. The molecule has 0 fully saturated rings. The van der Waals surface area contributed by atoms with Crippen LogP contribution in [0.15, 0.2) is 42.5 Å². The van der Waals surface area contributed by atoms with Gasteiger partial charge in [0.25, 0.3) is 0 Å². The molecule has 4 rings (SSSR count). The molecule has 4 aromatic rings. The molecule has 0 radical (unpaired) electrons. The Morgan fingerprint density at radius 3 is 2.61 bits per heavy atom. The van der Waals surface area contributed by atoms with E-state index in [1.807, 2.05) is 0 Å². The van der Waals surface area contributed by atoms with Crippen LogP contribution in [0.2, 0.25) is 0 Å². The van der Waals surface area contributed by atoms with E-state index in [0.29, 0.717) is 10.2 Å². The number of carbonyl (C=O) groups excluding carboxylic acids is 2. The number of fused-ring (bicyclic) bond motifs is 1. The Morgan fingerprint density at radius 1 is 1.12 bits per heavy atom. The second-order valence-corrected chi connectivity index (χ2v) is 8.06. The Balaban J connectivity index is 1.91. The van der Waals surface area contributed by atoms with Gasteiger partial charge < -0.3 is 14.9 Å². The number of Topliss-reactive ketones (excluding diaryl/α,β-unsaturated/α-hetero) is 1. The van der Waals surface area contributed by atoms with Crippen molar-refractivity contribution < 1.29 is 33.3 Å². The summed E-state index contributed by atoms with van der Waals surface area (Å²) in [5, 5.41) is 21.5. The van der Waals surface area contributed by atoms with E-state index in [-0.39, 0.29) is 41.4 Å². The van der Waals surface area contributed by atoms with Crippen molar-refractivity contribution in [3.05, 3.63) is 59.7 Å². The van der Waals surface area contributed by atoms with Gasteiger partial charge in [0, 0.05) is 12.0 Å². The van der Waals surface area contributed by atoms with Crippen molar-refractivity contribution in [1.82, 2.24) is 9.55 Å². The fraction of sp³-hybridized carbons (Fsp3) is 0.174. The molecule has 10 heteroatoms. The van der Waals surface area contributed by atoms with E-state index in [4.69, 9.17) is 4.74 Å². The van der Waals surface area contributed by atoms with E-state index < -0.39 is 35.0 Å². The van der Waals surface area contributed by atoms with Crippen molar-refractivity contribution in [2.75, 3.05) is 6.61 Å². The second-order valence-electron chi connectivity index (χ2n) is 7.05. The van der Waals surface area contributed by atoms with Crippen LogP contribution in [-0.4, -0.2) is 38.1 Å². The van der Waals surface area contributed by atoms with Crippen LogP contribution in [0.4, 0.5) is 8.78 Å². The average Bonchev–Trinajstić information content (AvgIpc) is 3.30. The van der Waals surface area contributed by atoms with Gasteiger partial charge >= 0.3 is 5.97 Å². The third-order valence-corrected chi connectivity index (χ3v) is 5.92. The first-order valence-electron chi connectivity index (χ1n) is 9.98. The third-order valence-electron chi connectivity index (χ3n) is 4.92. The van der Waals surface area contributed by atoms with Crippen LogP contribution < -0.4 is 0 Å². The number of carbonyl (C=O) groups is 2. The highest BCUT2D eigenvalue weighted by Crippen LogP contribution is 2.45. The maximum absolute atomic E-state index is 14.8. The summed E-state index contributed by atoms with van der Waals surface area (Å²) in [5.74, 6) is -3.99. The molecule has 0 spiro atoms. The number of aromatic nitrogens is 2. The second kappa shape index (κ2) is 8.99. The number of aromatic hydroxyl groups is 2. The molecule has 0 aliphatic rings. The summed E-state index contributed by atoms with van der Waals surface area (Å²) >= 11 is 0.985. The number of ketones is 1. The van der Waals surface area contributed by atoms with Crippen molar-refractivity contribution >= 4 is 33.3 Å². The van der Waals surface area contributed by atoms with E-state index in [2.05, 4.69) is 4.98 Å². The Bertz CT molecular complexity index is 1380. The van der Waals surface area contributed by atoms with Crippen LogP contribution in [0.5, 0.6) is 11.6 Å². The van der Waals surface area contributed by atoms with Crippen LogP contribution >= 0.6 is 11.3 Å². The summed E-state index contributed by atoms with van der Waals surface area (Å²) in [6, 6.07) is 9.46. The van der Waals surface area contributed by atoms with Crippen LogP contribution in [0, 0.1) is 11.6 Å². The molecule has 0 atom stereocenters. The summed E-state index contributed by atoms with van der Waals surface area (Å²) in [4.78, 5) is 29.1. The Hall–Kier alpha value is -3.79. The summed E-state index contributed by atoms with van der Waals surface area (Å²) in [5.41, 5.74) is -0.138. The van der Waals surface area contributed by atoms with Gasteiger partial charge in [-0.3, -0.25) is 14.2 Å². The van der Waals surface area contributed by atoms with Crippen molar-refractivity contribution in [3.63, 3.8) is 0 Å². The SMILES string of the molecule is CCOC(=O)CCC(=O)c1c(O)c(O)n(-c2nc3ccc(F)cc3s2)c1-c1ccccc1F. The number of thiazole rings is 1. The Kier molecular flexibility index (Phi) is 6.10. The number of ether oxygens (including phenoxy) is 1. The summed E-state index contributed by atoms with van der Waals surface area (Å²) < 4.78 is 34.8. The fourth-order valence-corrected chi connectivity index (χ4v) is 4.46. The van der Waals surface area contributed by atoms with Crippen LogP contribution in [0.25, 0.3) is 26.6 Å². The third kappa shape index (κ3) is 4.17. The molecule has 0 saturated heterocycles. The first-order chi connectivity index (χ1) is 15.8. The molecule has 2 aromatic carbocycles. The Morgan fingerprint density at radius 2 is 1.88 bits per heavy atom. The minimum atomic E-state index is -0.771. The highest BCUT2D eigenvalue weighted by molar-refractivity contribution is 7.20. The molecular weight excluding hydrogens is 454 g/mol. The van der Waals surface area contributed by atoms with Crippen molar-refractivity contribution in [2.24, 2.45) is 0 Å². The van der Waals surface area contributed by atoms with Gasteiger partial charge in [-0.2, -0.15) is 0 Å². The summed E-state index contributed by atoms with van der Waals surface area (Å²) in [6.45, 7) is 1.78. The van der Waals surface area contributed by atoms with E-state index in [9.17, 15) is 28.6 Å². The van der Waals surface area contributed by atoms with Crippen LogP contribution in [0.3, 0.4) is 0 Å². The smallest absolute Gasteiger partial charge is 0.306 e. The van der Waals surface area contributed by atoms with Gasteiger partial charge in [0.2, 0.25) is 5.88 Å². The van der Waals surface area contributed by atoms with Gasteiger partial charge in [-0.05, 0) is 37.3 Å². The van der Waals surface area contributed by atoms with Crippen molar-refractivity contribution in [2.45, 2.75) is 19.8 Å². The molecule has 0 bridgehead atoms. The average molecular weight is 472 g/mol. The molecule has 2 aromatic heterocycles. The number of rotatable bonds is 7. The van der Waals surface area contributed by atoms with Gasteiger partial charge in [-0.25, -0.2) is 13.8 Å². The first-order valence-corrected chi connectivity index (χ1v) is 10.8. The molecule has 0 saturated carbocycles. The molecule has 0 aliphatic heterocycles. The lowest BCUT2D eigenvalue weighted by Crippen LogP contribution is -2.09. The van der Waals surface area contributed by atoms with E-state index in [1.165, 1.54) is 42.5 Å². The van der Waals surface area contributed by atoms with E-state index in [1.54, 1.807) is 6.92 Å². The molecule has 0 amide bonds. The molecule has 0 unspecified atom stereocenters. The standard InChI is InChI=1S/C23H18F2N2O5S/c1-2-32-18(29)10-9-16(28)19-20(13-5-3-4-6-14(13)25)27(22(31)21(19)30)23-26-15-8-7-12(24)11-17(15)33-23/h3-8,11,30-31H,2,9-10H2,1H3. The predicted molar refractivity (Wildman–Crippen MR) is 118 cm³/mol. The van der Waals surface area contributed by atoms with Crippen molar-refractivity contribution in [3.8, 4) is 28.0 Å². The van der Waals surface area contributed by atoms with Gasteiger partial charge in [-0.1, -0.05) is 23.5 Å². The van der Waals surface area contributed by atoms with Gasteiger partial charge in [-0.15, -0.1) is 0 Å². The quantitative estimate of drug-likeness (QED) is 0.291. The van der Waals surface area contributed by atoms with Gasteiger partial charge in [0.15, 0.2) is 16.7 Å². The Labute approximate surface area is 190 Å². The highest BCUT2D eigenvalue weighted by atomic mass is 32.1. The van der Waals surface area contributed by atoms with Crippen LogP contribution in [-0.2, 0) is 9.53 Å². The van der Waals surface area contributed by atoms with Crippen molar-refractivity contribution in [1.29, 1.82) is 0 Å². The van der Waals surface area contributed by atoms with Gasteiger partial charge in [0.05, 0.1) is 34.5 Å². The maximum Gasteiger partial charge on any atom is 0.306 e. The molecule has 2 N–H and O–H groups in total. The summed E-state index contributed by atoms with van der Waals surface area (Å²) in [6.07, 6.45) is -0.586. The lowest BCUT2D eigenvalue weighted by atomic mass is 10.0. The predicted octanol–water partition coefficient (Wildman–Crippen LogP) is 4.97. The highest BCUT2D eigenvalue weighted by Gasteiger charge is 2.31. The normalized spacial score (nSPS) is 11.1. The zero-order chi connectivity index (χ0) is 23.7. The molecule has 7 nitrogen and oxygen atoms in total.